The largest absolute Gasteiger partial charge is 0.581 e. The van der Waals surface area contributed by atoms with Gasteiger partial charge in [0.2, 0.25) is 11.9 Å². The average Bonchev–Trinajstić information content (AvgIpc) is 3.29. The first-order valence-electron chi connectivity index (χ1n) is 10.9. The molecule has 1 fully saturated rings. The monoisotopic (exact) mass is 442 g/mol. The zero-order chi connectivity index (χ0) is 22.2. The number of fused-ring (bicyclic) bond motifs is 1. The molecule has 4 atom stereocenters. The Bertz CT molecular complexity index is 921. The van der Waals surface area contributed by atoms with Gasteiger partial charge in [-0.05, 0) is 59.0 Å². The fraction of sp³-hybridized carbons (Fsp3) is 0.636. The Balaban J connectivity index is 1.52. The van der Waals surface area contributed by atoms with Gasteiger partial charge in [-0.25, -0.2) is 9.97 Å². The Morgan fingerprint density at radius 1 is 1.42 bits per heavy atom. The Morgan fingerprint density at radius 2 is 2.23 bits per heavy atom. The van der Waals surface area contributed by atoms with Gasteiger partial charge < -0.3 is 25.3 Å². The van der Waals surface area contributed by atoms with Crippen molar-refractivity contribution in [3.63, 3.8) is 0 Å². The standard InChI is InChI=1S/C22H32N7OS/c1-14-10-16-11-23-21(24-12-17-6-8-25-27-17)26-19(16)13-29(14)20(30)18-7-9-28(4)15(2)22(18,3)31-5/h6,8,11,14-15,18H,7,9-10,12-13H2,1-5H3,(H-,23,24,25,26,27)/q-1/t14-,15?,18+,22+/m1/s1. The van der Waals surface area contributed by atoms with E-state index in [1.807, 2.05) is 28.9 Å². The molecule has 2 aliphatic heterocycles. The normalized spacial score (nSPS) is 28.9. The van der Waals surface area contributed by atoms with E-state index >= 15 is 0 Å². The number of thioether (sulfide) groups is 1. The van der Waals surface area contributed by atoms with Crippen LogP contribution < -0.4 is 10.4 Å². The van der Waals surface area contributed by atoms with Crippen LogP contribution in [0.1, 0.15) is 44.1 Å². The summed E-state index contributed by atoms with van der Waals surface area (Å²) in [4.78, 5) is 27.4. The minimum Gasteiger partial charge on any atom is -0.581 e. The van der Waals surface area contributed by atoms with E-state index in [-0.39, 0.29) is 22.6 Å². The van der Waals surface area contributed by atoms with Crippen molar-refractivity contribution in [2.75, 3.05) is 25.2 Å². The zero-order valence-corrected chi connectivity index (χ0v) is 19.8. The second-order valence-corrected chi connectivity index (χ2v) is 10.2. The highest BCUT2D eigenvalue weighted by molar-refractivity contribution is 8.00. The van der Waals surface area contributed by atoms with Gasteiger partial charge in [-0.2, -0.15) is 18.0 Å². The molecule has 4 rings (SSSR count). The number of nitrogens with one attached hydrogen (secondary N) is 1. The van der Waals surface area contributed by atoms with Crippen molar-refractivity contribution in [3.8, 4) is 0 Å². The van der Waals surface area contributed by atoms with Crippen LogP contribution >= 0.6 is 11.8 Å². The summed E-state index contributed by atoms with van der Waals surface area (Å²) >= 11 is 1.82. The van der Waals surface area contributed by atoms with Crippen LogP contribution in [-0.4, -0.2) is 67.5 Å². The maximum Gasteiger partial charge on any atom is 0.227 e. The molecule has 0 radical (unpaired) electrons. The van der Waals surface area contributed by atoms with Crippen molar-refractivity contribution in [2.24, 2.45) is 5.92 Å². The summed E-state index contributed by atoms with van der Waals surface area (Å²) in [6.45, 7) is 8.64. The Morgan fingerprint density at radius 3 is 2.94 bits per heavy atom. The summed E-state index contributed by atoms with van der Waals surface area (Å²) in [5.74, 6) is 0.828. The van der Waals surface area contributed by atoms with E-state index in [9.17, 15) is 4.79 Å². The molecule has 4 heterocycles. The number of nitrogens with zero attached hydrogens (tertiary/aromatic N) is 6. The SMILES string of the molecule is CS[C@@]1(C)C(C)N(C)CC[C@H]1C(=O)N1Cc2nc(NCc3cc[n-]n3)ncc2C[C@H]1C. The number of piperidine rings is 1. The van der Waals surface area contributed by atoms with Crippen LogP contribution in [0, 0.1) is 5.92 Å². The minimum absolute atomic E-state index is 0.00745. The van der Waals surface area contributed by atoms with Gasteiger partial charge in [-0.1, -0.05) is 6.07 Å². The number of likely N-dealkylation sites (tertiary alicyclic amines) is 1. The molecule has 31 heavy (non-hydrogen) atoms. The van der Waals surface area contributed by atoms with Crippen molar-refractivity contribution in [1.82, 2.24) is 30.0 Å². The van der Waals surface area contributed by atoms with Crippen molar-refractivity contribution in [3.05, 3.63) is 35.4 Å². The molecule has 0 aliphatic carbocycles. The first-order chi connectivity index (χ1) is 14.8. The van der Waals surface area contributed by atoms with Crippen molar-refractivity contribution in [1.29, 1.82) is 0 Å². The lowest BCUT2D eigenvalue weighted by Crippen LogP contribution is -2.60. The van der Waals surface area contributed by atoms with Gasteiger partial charge in [-0.15, -0.1) is 0 Å². The molecular weight excluding hydrogens is 410 g/mol. The molecule has 0 bridgehead atoms. The highest BCUT2D eigenvalue weighted by Crippen LogP contribution is 2.43. The maximum atomic E-state index is 13.8. The van der Waals surface area contributed by atoms with Gasteiger partial charge in [0.25, 0.3) is 0 Å². The highest BCUT2D eigenvalue weighted by atomic mass is 32.2. The highest BCUT2D eigenvalue weighted by Gasteiger charge is 2.49. The molecule has 9 heteroatoms. The molecule has 8 nitrogen and oxygen atoms in total. The molecule has 1 N–H and O–H groups in total. The predicted molar refractivity (Wildman–Crippen MR) is 123 cm³/mol. The van der Waals surface area contributed by atoms with Crippen LogP contribution in [0.4, 0.5) is 5.95 Å². The Labute approximate surface area is 188 Å². The first kappa shape index (κ1) is 22.1. The van der Waals surface area contributed by atoms with Crippen LogP contribution in [0.15, 0.2) is 18.5 Å². The van der Waals surface area contributed by atoms with E-state index in [0.29, 0.717) is 25.1 Å². The molecular formula is C22H32N7OS-. The molecule has 0 spiro atoms. The number of carbonyl (C=O) groups is 1. The Kier molecular flexibility index (Phi) is 6.25. The van der Waals surface area contributed by atoms with E-state index in [4.69, 9.17) is 4.98 Å². The molecule has 2 aromatic rings. The first-order valence-corrected chi connectivity index (χ1v) is 12.1. The number of anilines is 1. The molecule has 2 aliphatic rings. The molecule has 0 aromatic carbocycles. The van der Waals surface area contributed by atoms with E-state index < -0.39 is 0 Å². The smallest absolute Gasteiger partial charge is 0.227 e. The van der Waals surface area contributed by atoms with Gasteiger partial charge in [0.05, 0.1) is 24.7 Å². The second kappa shape index (κ2) is 8.78. The fourth-order valence-corrected chi connectivity index (χ4v) is 5.85. The number of carbonyl (C=O) groups excluding carboxylic acids is 1. The maximum absolute atomic E-state index is 13.8. The summed E-state index contributed by atoms with van der Waals surface area (Å²) < 4.78 is -0.108. The summed E-state index contributed by atoms with van der Waals surface area (Å²) in [6, 6.07) is 2.34. The molecule has 1 saturated heterocycles. The molecule has 1 unspecified atom stereocenters. The topological polar surface area (TPSA) is 88.4 Å². The molecule has 1 amide bonds. The van der Waals surface area contributed by atoms with Crippen LogP contribution in [-0.2, 0) is 24.3 Å². The number of hydrogen-bond donors (Lipinski definition) is 1. The number of rotatable bonds is 5. The van der Waals surface area contributed by atoms with Gasteiger partial charge >= 0.3 is 0 Å². The molecule has 168 valence electrons. The van der Waals surface area contributed by atoms with E-state index in [0.717, 1.165) is 36.3 Å². The minimum atomic E-state index is -0.108. The fourth-order valence-electron chi connectivity index (χ4n) is 4.82. The van der Waals surface area contributed by atoms with Crippen molar-refractivity contribution < 1.29 is 4.79 Å². The van der Waals surface area contributed by atoms with Gasteiger partial charge in [0, 0.05) is 28.7 Å². The van der Waals surface area contributed by atoms with Gasteiger partial charge in [0.1, 0.15) is 0 Å². The van der Waals surface area contributed by atoms with E-state index in [2.05, 4.69) is 59.5 Å². The lowest BCUT2D eigenvalue weighted by Gasteiger charge is -2.50. The number of aromatic nitrogens is 4. The molecule has 2 aromatic heterocycles. The summed E-state index contributed by atoms with van der Waals surface area (Å²) in [6.07, 6.45) is 7.37. The Hall–Kier alpha value is -2.13. The van der Waals surface area contributed by atoms with E-state index in [1.54, 1.807) is 6.20 Å². The van der Waals surface area contributed by atoms with Crippen molar-refractivity contribution >= 4 is 23.6 Å². The summed E-state index contributed by atoms with van der Waals surface area (Å²) in [5, 5.41) is 11.1. The predicted octanol–water partition coefficient (Wildman–Crippen LogP) is 2.18. The molecule has 0 saturated carbocycles. The van der Waals surface area contributed by atoms with Crippen LogP contribution in [0.2, 0.25) is 0 Å². The third-order valence-electron chi connectivity index (χ3n) is 7.24. The third-order valence-corrected chi connectivity index (χ3v) is 8.75. The van der Waals surface area contributed by atoms with Gasteiger partial charge in [-0.3, -0.25) is 4.79 Å². The lowest BCUT2D eigenvalue weighted by atomic mass is 9.79. The van der Waals surface area contributed by atoms with Crippen molar-refractivity contribution in [2.45, 2.75) is 63.5 Å². The zero-order valence-electron chi connectivity index (χ0n) is 19.0. The van der Waals surface area contributed by atoms with Crippen LogP contribution in [0.5, 0.6) is 0 Å². The average molecular weight is 443 g/mol. The summed E-state index contributed by atoms with van der Waals surface area (Å²) in [5.41, 5.74) is 2.91. The lowest BCUT2D eigenvalue weighted by molar-refractivity contribution is -0.142. The second-order valence-electron chi connectivity index (χ2n) is 8.95. The van der Waals surface area contributed by atoms with E-state index in [1.165, 1.54) is 0 Å². The summed E-state index contributed by atoms with van der Waals surface area (Å²) in [7, 11) is 2.16. The van der Waals surface area contributed by atoms with Crippen LogP contribution in [0.3, 0.4) is 0 Å². The third kappa shape index (κ3) is 4.17. The van der Waals surface area contributed by atoms with Gasteiger partial charge in [0.15, 0.2) is 0 Å². The number of amides is 1. The quantitative estimate of drug-likeness (QED) is 0.754. The number of hydrogen-bond acceptors (Lipinski definition) is 7. The van der Waals surface area contributed by atoms with Crippen LogP contribution in [0.25, 0.3) is 0 Å².